The summed E-state index contributed by atoms with van der Waals surface area (Å²) in [6, 6.07) is 6.94. The van der Waals surface area contributed by atoms with Crippen LogP contribution in [-0.4, -0.2) is 5.97 Å². The van der Waals surface area contributed by atoms with Crippen molar-refractivity contribution in [2.75, 3.05) is 0 Å². The number of esters is 1. The molecule has 0 aromatic heterocycles. The van der Waals surface area contributed by atoms with Gasteiger partial charge in [-0.3, -0.25) is 4.79 Å². The lowest BCUT2D eigenvalue weighted by atomic mass is 10.2. The molecule has 0 fully saturated rings. The van der Waals surface area contributed by atoms with E-state index in [0.29, 0.717) is 5.75 Å². The second-order valence-electron chi connectivity index (χ2n) is 2.33. The highest BCUT2D eigenvalue weighted by Gasteiger charge is 1.95. The first-order chi connectivity index (χ1) is 6.22. The SMILES string of the molecule is [2H]C=Cc1ccc(OC(C)=O)cc1. The molecule has 0 unspecified atom stereocenters. The first kappa shape index (κ1) is 7.10. The van der Waals surface area contributed by atoms with Gasteiger partial charge < -0.3 is 4.74 Å². The molecule has 1 aromatic carbocycles. The third kappa shape index (κ3) is 2.23. The second-order valence-corrected chi connectivity index (χ2v) is 2.33. The quantitative estimate of drug-likeness (QED) is 0.493. The Hall–Kier alpha value is -1.57. The largest absolute Gasteiger partial charge is 0.427 e. The number of hydrogen-bond acceptors (Lipinski definition) is 2. The molecule has 2 nitrogen and oxygen atoms in total. The molecule has 0 aliphatic carbocycles. The molecule has 0 heterocycles. The summed E-state index contributed by atoms with van der Waals surface area (Å²) < 4.78 is 11.7. The zero-order chi connectivity index (χ0) is 9.68. The highest BCUT2D eigenvalue weighted by Crippen LogP contribution is 2.12. The average Bonchev–Trinajstić information content (AvgIpc) is 2.08. The molecule has 12 heavy (non-hydrogen) atoms. The van der Waals surface area contributed by atoms with E-state index in [0.717, 1.165) is 5.56 Å². The van der Waals surface area contributed by atoms with E-state index in [1.165, 1.54) is 13.5 Å². The summed E-state index contributed by atoms with van der Waals surface area (Å²) in [7, 11) is 0. The van der Waals surface area contributed by atoms with Gasteiger partial charge in [0, 0.05) is 6.92 Å². The van der Waals surface area contributed by atoms with Crippen molar-refractivity contribution in [2.24, 2.45) is 0 Å². The molecule has 0 atom stereocenters. The summed E-state index contributed by atoms with van der Waals surface area (Å²) in [4.78, 5) is 10.6. The fraction of sp³-hybridized carbons (Fsp3) is 0.100. The molecule has 0 saturated heterocycles. The highest BCUT2D eigenvalue weighted by atomic mass is 16.5. The zero-order valence-corrected chi connectivity index (χ0v) is 6.78. The minimum absolute atomic E-state index is 0.330. The van der Waals surface area contributed by atoms with E-state index in [9.17, 15) is 4.79 Å². The fourth-order valence-electron chi connectivity index (χ4n) is 0.813. The van der Waals surface area contributed by atoms with Gasteiger partial charge in [-0.05, 0) is 17.7 Å². The minimum atomic E-state index is -0.330. The molecule has 1 rings (SSSR count). The van der Waals surface area contributed by atoms with Gasteiger partial charge in [0.1, 0.15) is 5.75 Å². The van der Waals surface area contributed by atoms with Crippen molar-refractivity contribution < 1.29 is 10.9 Å². The highest BCUT2D eigenvalue weighted by molar-refractivity contribution is 5.69. The number of ether oxygens (including phenoxy) is 1. The van der Waals surface area contributed by atoms with Crippen molar-refractivity contribution in [1.82, 2.24) is 0 Å². The van der Waals surface area contributed by atoms with E-state index in [1.54, 1.807) is 30.3 Å². The predicted molar refractivity (Wildman–Crippen MR) is 47.8 cm³/mol. The van der Waals surface area contributed by atoms with E-state index in [4.69, 9.17) is 6.11 Å². The summed E-state index contributed by atoms with van der Waals surface area (Å²) in [6.45, 7) is 2.57. The van der Waals surface area contributed by atoms with Crippen molar-refractivity contribution in [3.05, 3.63) is 36.4 Å². The van der Waals surface area contributed by atoms with Crippen LogP contribution in [0.25, 0.3) is 6.08 Å². The Morgan fingerprint density at radius 3 is 2.75 bits per heavy atom. The van der Waals surface area contributed by atoms with E-state index < -0.39 is 0 Å². The zero-order valence-electron chi connectivity index (χ0n) is 7.78. The fourth-order valence-corrected chi connectivity index (χ4v) is 0.813. The molecule has 2 heteroatoms. The lowest BCUT2D eigenvalue weighted by molar-refractivity contribution is -0.131. The maximum Gasteiger partial charge on any atom is 0.308 e. The predicted octanol–water partition coefficient (Wildman–Crippen LogP) is 2.25. The van der Waals surface area contributed by atoms with Crippen LogP contribution in [0.4, 0.5) is 0 Å². The Labute approximate surface area is 72.9 Å². The molecule has 0 radical (unpaired) electrons. The number of carbonyl (C=O) groups is 1. The number of benzene rings is 1. The first-order valence-corrected chi connectivity index (χ1v) is 3.56. The molecule has 0 aliphatic heterocycles. The van der Waals surface area contributed by atoms with Crippen LogP contribution in [-0.2, 0) is 4.79 Å². The van der Waals surface area contributed by atoms with Crippen LogP contribution in [0, 0.1) is 0 Å². The van der Waals surface area contributed by atoms with Gasteiger partial charge in [-0.15, -0.1) is 0 Å². The second kappa shape index (κ2) is 3.72. The van der Waals surface area contributed by atoms with Crippen LogP contribution in [0.15, 0.2) is 30.8 Å². The summed E-state index contributed by atoms with van der Waals surface area (Å²) in [5.74, 6) is 0.193. The summed E-state index contributed by atoms with van der Waals surface area (Å²) in [6.07, 6.45) is 1.65. The van der Waals surface area contributed by atoms with E-state index in [2.05, 4.69) is 0 Å². The average molecular weight is 163 g/mol. The molecule has 0 spiro atoms. The van der Waals surface area contributed by atoms with E-state index >= 15 is 0 Å². The molecule has 0 amide bonds. The Balaban J connectivity index is 2.75. The smallest absolute Gasteiger partial charge is 0.308 e. The van der Waals surface area contributed by atoms with Gasteiger partial charge in [0.2, 0.25) is 0 Å². The maximum absolute atomic E-state index is 10.6. The Morgan fingerprint density at radius 2 is 2.25 bits per heavy atom. The van der Waals surface area contributed by atoms with Gasteiger partial charge in [-0.1, -0.05) is 24.8 Å². The van der Waals surface area contributed by atoms with E-state index in [1.807, 2.05) is 0 Å². The van der Waals surface area contributed by atoms with Gasteiger partial charge in [-0.25, -0.2) is 0 Å². The normalized spacial score (nSPS) is 11.2. The van der Waals surface area contributed by atoms with Crippen LogP contribution in [0.1, 0.15) is 13.9 Å². The van der Waals surface area contributed by atoms with Gasteiger partial charge >= 0.3 is 5.97 Å². The molecular formula is C10H10O2. The lowest BCUT2D eigenvalue weighted by Gasteiger charge is -1.99. The molecule has 0 saturated carbocycles. The van der Waals surface area contributed by atoms with Gasteiger partial charge in [0.05, 0.1) is 1.37 Å². The molecule has 1 aromatic rings. The molecular weight excluding hydrogens is 152 g/mol. The van der Waals surface area contributed by atoms with Crippen LogP contribution in [0.2, 0.25) is 0 Å². The third-order valence-corrected chi connectivity index (χ3v) is 1.33. The Kier molecular flexibility index (Phi) is 2.20. The van der Waals surface area contributed by atoms with Crippen molar-refractivity contribution in [2.45, 2.75) is 6.92 Å². The maximum atomic E-state index is 10.6. The van der Waals surface area contributed by atoms with Crippen molar-refractivity contribution in [3.63, 3.8) is 0 Å². The Bertz CT molecular complexity index is 314. The molecule has 0 aliphatic rings. The summed E-state index contributed by atoms with van der Waals surface area (Å²) in [5, 5.41) is 0. The number of carbonyl (C=O) groups excluding carboxylic acids is 1. The Morgan fingerprint density at radius 1 is 1.58 bits per heavy atom. The molecule has 0 N–H and O–H groups in total. The summed E-state index contributed by atoms with van der Waals surface area (Å²) in [5.41, 5.74) is 0.908. The monoisotopic (exact) mass is 163 g/mol. The number of hydrogen-bond donors (Lipinski definition) is 0. The van der Waals surface area contributed by atoms with Crippen LogP contribution < -0.4 is 4.74 Å². The van der Waals surface area contributed by atoms with Gasteiger partial charge in [0.15, 0.2) is 0 Å². The minimum Gasteiger partial charge on any atom is -0.427 e. The van der Waals surface area contributed by atoms with Gasteiger partial charge in [-0.2, -0.15) is 0 Å². The van der Waals surface area contributed by atoms with Crippen LogP contribution >= 0.6 is 0 Å². The van der Waals surface area contributed by atoms with Gasteiger partial charge in [0.25, 0.3) is 0 Å². The van der Waals surface area contributed by atoms with Crippen molar-refractivity contribution in [1.29, 1.82) is 0 Å². The molecule has 0 bridgehead atoms. The van der Waals surface area contributed by atoms with Crippen LogP contribution in [0.3, 0.4) is 0 Å². The lowest BCUT2D eigenvalue weighted by Crippen LogP contribution is -2.00. The standard InChI is InChI=1S/C10H10O2/c1-3-9-4-6-10(7-5-9)12-8(2)11/h3-7H,1H2,2H3/i1D. The molecule has 62 valence electrons. The number of rotatable bonds is 2. The van der Waals surface area contributed by atoms with Crippen molar-refractivity contribution in [3.8, 4) is 5.75 Å². The third-order valence-electron chi connectivity index (χ3n) is 1.33. The van der Waals surface area contributed by atoms with Crippen molar-refractivity contribution >= 4 is 12.0 Å². The summed E-state index contributed by atoms with van der Waals surface area (Å²) >= 11 is 0. The topological polar surface area (TPSA) is 26.3 Å². The van der Waals surface area contributed by atoms with E-state index in [-0.39, 0.29) is 5.97 Å². The van der Waals surface area contributed by atoms with Crippen LogP contribution in [0.5, 0.6) is 5.75 Å². The first-order valence-electron chi connectivity index (χ1n) is 4.13.